The summed E-state index contributed by atoms with van der Waals surface area (Å²) in [7, 11) is -0.306. The summed E-state index contributed by atoms with van der Waals surface area (Å²) >= 11 is 0. The van der Waals surface area contributed by atoms with Gasteiger partial charge in [0.15, 0.2) is 6.04 Å². The number of quaternary nitrogens is 1. The molecule has 0 aliphatic carbocycles. The Balaban J connectivity index is 1.82. The zero-order valence-electron chi connectivity index (χ0n) is 16.8. The van der Waals surface area contributed by atoms with Gasteiger partial charge in [-0.25, -0.2) is 0 Å². The van der Waals surface area contributed by atoms with E-state index < -0.39 is 7.60 Å². The van der Waals surface area contributed by atoms with E-state index in [1.807, 2.05) is 30.3 Å². The third-order valence-corrected chi connectivity index (χ3v) is 8.30. The lowest BCUT2D eigenvalue weighted by Crippen LogP contribution is -2.29. The fourth-order valence-corrected chi connectivity index (χ4v) is 6.72. The Hall–Kier alpha value is -2.23. The zero-order chi connectivity index (χ0) is 20.3. The first-order valence-electron chi connectivity index (χ1n) is 9.83. The maximum atomic E-state index is 13.6. The van der Waals surface area contributed by atoms with Crippen LogP contribution in [0.15, 0.2) is 91.0 Å². The summed E-state index contributed by atoms with van der Waals surface area (Å²) in [6.07, 6.45) is 0. The summed E-state index contributed by atoms with van der Waals surface area (Å²) in [5, 5.41) is 0. The van der Waals surface area contributed by atoms with Gasteiger partial charge in [0.1, 0.15) is 13.1 Å². The predicted molar refractivity (Wildman–Crippen MR) is 115 cm³/mol. The molecule has 3 aromatic rings. The van der Waals surface area contributed by atoms with Gasteiger partial charge >= 0.3 is 7.60 Å². The topological polar surface area (TPSA) is 35.5 Å². The number of benzene rings is 3. The third-order valence-electron chi connectivity index (χ3n) is 5.89. The van der Waals surface area contributed by atoms with Crippen molar-refractivity contribution in [2.24, 2.45) is 0 Å². The molecule has 2 unspecified atom stereocenters. The quantitative estimate of drug-likeness (QED) is 0.270. The van der Waals surface area contributed by atoms with E-state index in [2.05, 4.69) is 60.7 Å². The van der Waals surface area contributed by atoms with Crippen LogP contribution in [-0.4, -0.2) is 24.5 Å². The lowest BCUT2D eigenvalue weighted by atomic mass is 10.1. The monoisotopic (exact) mass is 408 g/mol. The standard InChI is InChI=1S/C24H27NO3P/c1-27-29(26,28-2)24-23(22-16-10-5-11-17-22)25(24,18-20-12-6-3-7-13-20)19-21-14-8-4-9-15-21/h3-17,23-24H,18-19H2,1-2H3/q+1. The summed E-state index contributed by atoms with van der Waals surface area (Å²) in [4.78, 5) is 0. The minimum atomic E-state index is -3.29. The molecule has 0 spiro atoms. The number of nitrogens with zero attached hydrogens (tertiary/aromatic N) is 1. The van der Waals surface area contributed by atoms with Gasteiger partial charge in [0.05, 0.1) is 0 Å². The van der Waals surface area contributed by atoms with E-state index in [0.717, 1.165) is 13.1 Å². The molecule has 3 aromatic carbocycles. The van der Waals surface area contributed by atoms with Crippen LogP contribution in [0.1, 0.15) is 22.7 Å². The van der Waals surface area contributed by atoms with Crippen molar-refractivity contribution >= 4 is 7.60 Å². The first kappa shape index (κ1) is 20.1. The molecular formula is C24H27NO3P+. The van der Waals surface area contributed by atoms with E-state index in [-0.39, 0.29) is 11.8 Å². The molecule has 29 heavy (non-hydrogen) atoms. The molecule has 5 heteroatoms. The summed E-state index contributed by atoms with van der Waals surface area (Å²) < 4.78 is 25.3. The van der Waals surface area contributed by atoms with Crippen molar-refractivity contribution in [2.75, 3.05) is 14.2 Å². The fraction of sp³-hybridized carbons (Fsp3) is 0.250. The molecule has 4 rings (SSSR count). The molecule has 1 aliphatic rings. The van der Waals surface area contributed by atoms with Crippen LogP contribution in [0.2, 0.25) is 0 Å². The van der Waals surface area contributed by atoms with Crippen molar-refractivity contribution in [1.29, 1.82) is 0 Å². The van der Waals surface area contributed by atoms with E-state index in [1.165, 1.54) is 30.9 Å². The van der Waals surface area contributed by atoms with E-state index in [0.29, 0.717) is 4.48 Å². The molecule has 0 radical (unpaired) electrons. The lowest BCUT2D eigenvalue weighted by molar-refractivity contribution is -0.851. The normalized spacial score (nSPS) is 20.3. The Kier molecular flexibility index (Phi) is 5.71. The van der Waals surface area contributed by atoms with Gasteiger partial charge in [0.25, 0.3) is 0 Å². The van der Waals surface area contributed by atoms with E-state index in [9.17, 15) is 4.57 Å². The Morgan fingerprint density at radius 3 is 1.55 bits per heavy atom. The van der Waals surface area contributed by atoms with Gasteiger partial charge in [0.2, 0.25) is 5.78 Å². The summed E-state index contributed by atoms with van der Waals surface area (Å²) in [6, 6.07) is 31.1. The molecule has 0 saturated carbocycles. The van der Waals surface area contributed by atoms with Crippen molar-refractivity contribution < 1.29 is 18.1 Å². The maximum Gasteiger partial charge on any atom is 0.393 e. The number of hydrogen-bond acceptors (Lipinski definition) is 3. The largest absolute Gasteiger partial charge is 0.393 e. The van der Waals surface area contributed by atoms with Gasteiger partial charge in [-0.3, -0.25) is 9.05 Å². The predicted octanol–water partition coefficient (Wildman–Crippen LogP) is 5.77. The molecule has 1 saturated heterocycles. The van der Waals surface area contributed by atoms with Crippen LogP contribution in [-0.2, 0) is 26.7 Å². The summed E-state index contributed by atoms with van der Waals surface area (Å²) in [5.74, 6) is -0.250. The second-order valence-corrected chi connectivity index (χ2v) is 9.90. The fourth-order valence-electron chi connectivity index (χ4n) is 4.56. The molecule has 150 valence electrons. The smallest absolute Gasteiger partial charge is 0.308 e. The second-order valence-electron chi connectivity index (χ2n) is 7.56. The van der Waals surface area contributed by atoms with Crippen LogP contribution in [0.3, 0.4) is 0 Å². The molecule has 2 atom stereocenters. The van der Waals surface area contributed by atoms with Crippen LogP contribution >= 0.6 is 7.60 Å². The van der Waals surface area contributed by atoms with Crippen molar-refractivity contribution in [3.05, 3.63) is 108 Å². The third kappa shape index (κ3) is 3.82. The Bertz CT molecular complexity index is 929. The summed E-state index contributed by atoms with van der Waals surface area (Å²) in [5.41, 5.74) is 3.59. The molecule has 1 aliphatic heterocycles. The van der Waals surface area contributed by atoms with Crippen LogP contribution in [0.25, 0.3) is 0 Å². The zero-order valence-corrected chi connectivity index (χ0v) is 17.7. The van der Waals surface area contributed by atoms with E-state index >= 15 is 0 Å². The molecule has 0 aromatic heterocycles. The Morgan fingerprint density at radius 2 is 1.14 bits per heavy atom. The van der Waals surface area contributed by atoms with Crippen LogP contribution in [0.5, 0.6) is 0 Å². The lowest BCUT2D eigenvalue weighted by Gasteiger charge is -2.24. The van der Waals surface area contributed by atoms with Gasteiger partial charge < -0.3 is 9.05 Å². The van der Waals surface area contributed by atoms with Crippen LogP contribution in [0, 0.1) is 0 Å². The van der Waals surface area contributed by atoms with Gasteiger partial charge in [0, 0.05) is 30.9 Å². The van der Waals surface area contributed by atoms with E-state index in [4.69, 9.17) is 9.05 Å². The highest BCUT2D eigenvalue weighted by Gasteiger charge is 2.75. The average molecular weight is 408 g/mol. The first-order chi connectivity index (χ1) is 14.1. The van der Waals surface area contributed by atoms with Gasteiger partial charge in [-0.2, -0.15) is 0 Å². The van der Waals surface area contributed by atoms with Crippen LogP contribution < -0.4 is 0 Å². The summed E-state index contributed by atoms with van der Waals surface area (Å²) in [6.45, 7) is 1.52. The minimum absolute atomic E-state index is 0.0438. The molecule has 0 amide bonds. The number of rotatable bonds is 8. The Labute approximate surface area is 172 Å². The SMILES string of the molecule is COP(=O)(OC)C1C(c2ccccc2)[N+]1(Cc1ccccc1)Cc1ccccc1. The average Bonchev–Trinajstić information content (AvgIpc) is 3.43. The van der Waals surface area contributed by atoms with Gasteiger partial charge in [-0.1, -0.05) is 91.0 Å². The maximum absolute atomic E-state index is 13.6. The highest BCUT2D eigenvalue weighted by Crippen LogP contribution is 2.73. The second kappa shape index (κ2) is 8.25. The molecule has 1 heterocycles. The molecule has 4 nitrogen and oxygen atoms in total. The van der Waals surface area contributed by atoms with Crippen molar-refractivity contribution in [3.8, 4) is 0 Å². The molecule has 0 bridgehead atoms. The van der Waals surface area contributed by atoms with Crippen molar-refractivity contribution in [3.63, 3.8) is 0 Å². The molecule has 1 fully saturated rings. The highest BCUT2D eigenvalue weighted by molar-refractivity contribution is 7.54. The van der Waals surface area contributed by atoms with E-state index in [1.54, 1.807) is 0 Å². The van der Waals surface area contributed by atoms with Crippen molar-refractivity contribution in [2.45, 2.75) is 24.9 Å². The highest BCUT2D eigenvalue weighted by atomic mass is 31.2. The molecule has 0 N–H and O–H groups in total. The van der Waals surface area contributed by atoms with Gasteiger partial charge in [-0.05, 0) is 0 Å². The molecular weight excluding hydrogens is 381 g/mol. The first-order valence-corrected chi connectivity index (χ1v) is 11.4. The minimum Gasteiger partial charge on any atom is -0.308 e. The number of hydrogen-bond donors (Lipinski definition) is 0. The van der Waals surface area contributed by atoms with Gasteiger partial charge in [-0.15, -0.1) is 0 Å². The Morgan fingerprint density at radius 1 is 0.724 bits per heavy atom. The van der Waals surface area contributed by atoms with Crippen LogP contribution in [0.4, 0.5) is 0 Å². The van der Waals surface area contributed by atoms with Crippen molar-refractivity contribution in [1.82, 2.24) is 0 Å².